The summed E-state index contributed by atoms with van der Waals surface area (Å²) in [4.78, 5) is 5.00. The largest absolute Gasteiger partial charge is 0.310 e. The molecule has 0 spiro atoms. The average molecular weight is 995 g/mol. The smallest absolute Gasteiger partial charge is 0.0497 e. The van der Waals surface area contributed by atoms with Gasteiger partial charge in [-0.3, -0.25) is 0 Å². The van der Waals surface area contributed by atoms with Gasteiger partial charge in [0, 0.05) is 52.9 Å². The molecule has 1 aliphatic carbocycles. The van der Waals surface area contributed by atoms with Crippen LogP contribution in [-0.2, 0) is 12.8 Å². The second kappa shape index (κ2) is 19.1. The summed E-state index contributed by atoms with van der Waals surface area (Å²) in [6, 6.07) is 99.4. The van der Waals surface area contributed by atoms with Crippen LogP contribution >= 0.6 is 0 Å². The van der Waals surface area contributed by atoms with Gasteiger partial charge in [-0.25, -0.2) is 0 Å². The van der Waals surface area contributed by atoms with Crippen molar-refractivity contribution in [2.45, 2.75) is 25.2 Å². The molecule has 15 rings (SSSR count). The van der Waals surface area contributed by atoms with Crippen molar-refractivity contribution in [2.75, 3.05) is 9.80 Å². The van der Waals surface area contributed by atoms with Crippen molar-refractivity contribution in [3.8, 4) is 44.5 Å². The van der Waals surface area contributed by atoms with Crippen LogP contribution in [0.1, 0.15) is 45.7 Å². The van der Waals surface area contributed by atoms with Crippen molar-refractivity contribution in [1.82, 2.24) is 0 Å². The first-order valence-electron chi connectivity index (χ1n) is 27.4. The van der Waals surface area contributed by atoms with E-state index in [0.29, 0.717) is 0 Å². The highest BCUT2D eigenvalue weighted by atomic mass is 15.2. The Bertz CT molecular complexity index is 4250. The number of hydrogen-bond acceptors (Lipinski definition) is 2. The molecule has 1 atom stereocenters. The van der Waals surface area contributed by atoms with E-state index >= 15 is 0 Å². The molecule has 0 fully saturated rings. The molecular formula is C76H54N2. The van der Waals surface area contributed by atoms with Crippen LogP contribution in [0.3, 0.4) is 0 Å². The molecule has 368 valence electrons. The van der Waals surface area contributed by atoms with Crippen molar-refractivity contribution in [2.24, 2.45) is 0 Å². The van der Waals surface area contributed by atoms with Crippen LogP contribution in [0.4, 0.5) is 34.1 Å². The molecule has 12 aromatic rings. The lowest BCUT2D eigenvalue weighted by Crippen LogP contribution is -2.18. The number of anilines is 6. The minimum atomic E-state index is 0.203. The summed E-state index contributed by atoms with van der Waals surface area (Å²) in [5.41, 5.74) is 26.2. The third-order valence-corrected chi connectivity index (χ3v) is 16.6. The number of allylic oxidation sites excluding steroid dienone is 4. The first-order chi connectivity index (χ1) is 38.7. The van der Waals surface area contributed by atoms with E-state index in [1.807, 2.05) is 0 Å². The standard InChI is InChI=1S/C76H54N2/c1-3-17-51(18-4-1)53-33-37-55(38-34-53)57-25-15-27-63(45-57)75-67-43-41-66(78-73-31-13-9-23-61(73)48-62-24-10-14-32-74(62)78)50-70(67)76(64-28-16-26-58(46-64)56-39-35-54(36-40-56)52-19-5-2-6-20-52)68-44-42-65(49-69(68)75)77-71-29-11-7-21-59(71)47-60-22-8-12-30-72(60)77/h1-45,49-50,58H,46-48H2. The zero-order chi connectivity index (χ0) is 51.5. The van der Waals surface area contributed by atoms with Crippen LogP contribution in [0, 0.1) is 0 Å². The average Bonchev–Trinajstić information content (AvgIpc) is 3.70. The second-order valence-corrected chi connectivity index (χ2v) is 21.1. The highest BCUT2D eigenvalue weighted by Crippen LogP contribution is 2.52. The molecule has 78 heavy (non-hydrogen) atoms. The Morgan fingerprint density at radius 1 is 0.295 bits per heavy atom. The topological polar surface area (TPSA) is 6.48 Å². The second-order valence-electron chi connectivity index (χ2n) is 21.1. The Hall–Kier alpha value is -9.76. The normalized spacial score (nSPS) is 14.4. The van der Waals surface area contributed by atoms with Crippen molar-refractivity contribution in [1.29, 1.82) is 0 Å². The monoisotopic (exact) mass is 994 g/mol. The van der Waals surface area contributed by atoms with Gasteiger partial charge in [0.25, 0.3) is 0 Å². The van der Waals surface area contributed by atoms with E-state index < -0.39 is 0 Å². The molecule has 3 aliphatic rings. The van der Waals surface area contributed by atoms with E-state index in [4.69, 9.17) is 0 Å². The summed E-state index contributed by atoms with van der Waals surface area (Å²) in [7, 11) is 0. The zero-order valence-corrected chi connectivity index (χ0v) is 43.2. The first-order valence-corrected chi connectivity index (χ1v) is 27.4. The van der Waals surface area contributed by atoms with Crippen LogP contribution in [0.2, 0.25) is 0 Å². The van der Waals surface area contributed by atoms with Crippen molar-refractivity contribution >= 4 is 61.2 Å². The maximum atomic E-state index is 2.51. The Balaban J connectivity index is 0.971. The predicted molar refractivity (Wildman–Crippen MR) is 329 cm³/mol. The van der Waals surface area contributed by atoms with Crippen molar-refractivity contribution in [3.63, 3.8) is 0 Å². The fraction of sp³-hybridized carbons (Fsp3) is 0.0526. The van der Waals surface area contributed by atoms with Crippen molar-refractivity contribution < 1.29 is 0 Å². The summed E-state index contributed by atoms with van der Waals surface area (Å²) >= 11 is 0. The lowest BCUT2D eigenvalue weighted by atomic mass is 9.79. The number of nitrogens with zero attached hydrogens (tertiary/aromatic N) is 2. The number of fused-ring (bicyclic) bond motifs is 6. The summed E-state index contributed by atoms with van der Waals surface area (Å²) in [5.74, 6) is 0.203. The maximum Gasteiger partial charge on any atom is 0.0497 e. The minimum absolute atomic E-state index is 0.203. The van der Waals surface area contributed by atoms with Gasteiger partial charge in [0.2, 0.25) is 0 Å². The van der Waals surface area contributed by atoms with E-state index in [1.54, 1.807) is 0 Å². The number of benzene rings is 12. The van der Waals surface area contributed by atoms with E-state index in [2.05, 4.69) is 295 Å². The highest BCUT2D eigenvalue weighted by Gasteiger charge is 2.29. The van der Waals surface area contributed by atoms with Gasteiger partial charge in [-0.05, 0) is 166 Å². The molecule has 2 nitrogen and oxygen atoms in total. The molecule has 0 aromatic heterocycles. The summed E-state index contributed by atoms with van der Waals surface area (Å²) in [6.07, 6.45) is 9.78. The Morgan fingerprint density at radius 2 is 0.692 bits per heavy atom. The van der Waals surface area contributed by atoms with Gasteiger partial charge in [0.15, 0.2) is 0 Å². The Labute approximate surface area is 456 Å². The molecule has 0 radical (unpaired) electrons. The summed E-state index contributed by atoms with van der Waals surface area (Å²) in [5, 5.41) is 4.95. The lowest BCUT2D eigenvalue weighted by Gasteiger charge is -2.34. The van der Waals surface area contributed by atoms with Gasteiger partial charge >= 0.3 is 0 Å². The van der Waals surface area contributed by atoms with E-state index in [1.165, 1.54) is 128 Å². The third kappa shape index (κ3) is 7.96. The van der Waals surface area contributed by atoms with E-state index in [0.717, 1.165) is 30.6 Å². The van der Waals surface area contributed by atoms with Crippen LogP contribution < -0.4 is 9.80 Å². The highest BCUT2D eigenvalue weighted by molar-refractivity contribution is 6.20. The molecule has 0 N–H and O–H groups in total. The molecule has 2 aliphatic heterocycles. The fourth-order valence-corrected chi connectivity index (χ4v) is 12.9. The lowest BCUT2D eigenvalue weighted by molar-refractivity contribution is 0.869. The molecule has 0 amide bonds. The summed E-state index contributed by atoms with van der Waals surface area (Å²) in [6.45, 7) is 0. The molecule has 0 bridgehead atoms. The first kappa shape index (κ1) is 45.6. The molecule has 0 saturated carbocycles. The van der Waals surface area contributed by atoms with E-state index in [-0.39, 0.29) is 5.92 Å². The fourth-order valence-electron chi connectivity index (χ4n) is 12.9. The van der Waals surface area contributed by atoms with Gasteiger partial charge in [-0.2, -0.15) is 0 Å². The maximum absolute atomic E-state index is 2.51. The molecular weight excluding hydrogens is 941 g/mol. The van der Waals surface area contributed by atoms with Gasteiger partial charge < -0.3 is 9.80 Å². The summed E-state index contributed by atoms with van der Waals surface area (Å²) < 4.78 is 0. The van der Waals surface area contributed by atoms with Crippen LogP contribution in [0.5, 0.6) is 0 Å². The van der Waals surface area contributed by atoms with Gasteiger partial charge in [0.05, 0.1) is 0 Å². The molecule has 2 heterocycles. The number of rotatable bonds is 8. The minimum Gasteiger partial charge on any atom is -0.310 e. The van der Waals surface area contributed by atoms with Gasteiger partial charge in [-0.1, -0.05) is 231 Å². The molecule has 12 aromatic carbocycles. The van der Waals surface area contributed by atoms with Crippen LogP contribution in [0.15, 0.2) is 285 Å². The molecule has 1 unspecified atom stereocenters. The molecule has 0 saturated heterocycles. The van der Waals surface area contributed by atoms with E-state index in [9.17, 15) is 0 Å². The van der Waals surface area contributed by atoms with Crippen LogP contribution in [-0.4, -0.2) is 0 Å². The SMILES string of the molecule is C1=CC(c2ccc(-c3ccccc3)cc2)CC(c2c3cc(N4c5ccccc5Cc5ccccc54)ccc3c(-c3cccc(-c4ccc(-c5ccccc5)cc4)c3)c3cc(N4c5ccccc5Cc5ccccc54)ccc23)=C1. The van der Waals surface area contributed by atoms with Crippen LogP contribution in [0.25, 0.3) is 71.6 Å². The number of para-hydroxylation sites is 4. The quantitative estimate of drug-likeness (QED) is 0.140. The van der Waals surface area contributed by atoms with Crippen molar-refractivity contribution in [3.05, 3.63) is 319 Å². The predicted octanol–water partition coefficient (Wildman–Crippen LogP) is 20.5. The number of hydrogen-bond donors (Lipinski definition) is 0. The Kier molecular flexibility index (Phi) is 11.2. The third-order valence-electron chi connectivity index (χ3n) is 16.6. The van der Waals surface area contributed by atoms with Gasteiger partial charge in [-0.15, -0.1) is 0 Å². The molecule has 2 heteroatoms. The zero-order valence-electron chi connectivity index (χ0n) is 43.2. The van der Waals surface area contributed by atoms with Gasteiger partial charge in [0.1, 0.15) is 0 Å². The Morgan fingerprint density at radius 3 is 1.21 bits per heavy atom.